The number of benzene rings is 1. The highest BCUT2D eigenvalue weighted by molar-refractivity contribution is 6.02. The van der Waals surface area contributed by atoms with Crippen LogP contribution in [0.3, 0.4) is 0 Å². The fourth-order valence-corrected chi connectivity index (χ4v) is 3.64. The Balaban J connectivity index is 2.11. The van der Waals surface area contributed by atoms with Crippen LogP contribution in [-0.2, 0) is 5.41 Å². The molecule has 1 aromatic carbocycles. The lowest BCUT2D eigenvalue weighted by atomic mass is 9.66. The second-order valence-corrected chi connectivity index (χ2v) is 6.17. The maximum Gasteiger partial charge on any atom is 0.161 e. The van der Waals surface area contributed by atoms with E-state index >= 15 is 0 Å². The number of aliphatic imine (C=N–C) groups is 1. The van der Waals surface area contributed by atoms with Crippen molar-refractivity contribution in [1.29, 1.82) is 0 Å². The molecule has 1 saturated carbocycles. The van der Waals surface area contributed by atoms with Gasteiger partial charge in [-0.3, -0.25) is 4.99 Å². The Bertz CT molecular complexity index is 572. The molecule has 21 heavy (non-hydrogen) atoms. The number of methoxy groups -OCH3 is 2. The maximum atomic E-state index is 9.83. The van der Waals surface area contributed by atoms with E-state index in [-0.39, 0.29) is 11.5 Å². The average Bonchev–Trinajstić information content (AvgIpc) is 2.52. The fourth-order valence-electron chi connectivity index (χ4n) is 3.64. The van der Waals surface area contributed by atoms with Crippen LogP contribution in [0.4, 0.5) is 0 Å². The van der Waals surface area contributed by atoms with Gasteiger partial charge in [0.05, 0.1) is 20.3 Å². The van der Waals surface area contributed by atoms with Crippen LogP contribution in [0.15, 0.2) is 17.1 Å². The highest BCUT2D eigenvalue weighted by atomic mass is 16.5. The summed E-state index contributed by atoms with van der Waals surface area (Å²) in [6, 6.07) is 4.16. The van der Waals surface area contributed by atoms with E-state index in [2.05, 4.69) is 13.0 Å². The van der Waals surface area contributed by atoms with E-state index in [0.29, 0.717) is 0 Å². The molecular weight excluding hydrogens is 266 g/mol. The summed E-state index contributed by atoms with van der Waals surface area (Å²) in [6.45, 7) is 2.86. The first-order chi connectivity index (χ1) is 10.1. The van der Waals surface area contributed by atoms with E-state index in [1.165, 1.54) is 5.56 Å². The van der Waals surface area contributed by atoms with Gasteiger partial charge in [0.25, 0.3) is 0 Å². The summed E-state index contributed by atoms with van der Waals surface area (Å²) >= 11 is 0. The highest BCUT2D eigenvalue weighted by Gasteiger charge is 2.40. The van der Waals surface area contributed by atoms with Gasteiger partial charge in [0.15, 0.2) is 11.5 Å². The SMILES string of the molecule is COc1cc2c(cc1OC)C1(CCC(O)CC1)CN=C2C. The first-order valence-electron chi connectivity index (χ1n) is 7.55. The molecule has 1 aromatic rings. The number of aliphatic hydroxyl groups excluding tert-OH is 1. The molecule has 114 valence electrons. The number of ether oxygens (including phenoxy) is 2. The molecule has 0 atom stereocenters. The first kappa shape index (κ1) is 14.4. The van der Waals surface area contributed by atoms with Gasteiger partial charge < -0.3 is 14.6 Å². The Hall–Kier alpha value is -1.55. The van der Waals surface area contributed by atoms with Crippen molar-refractivity contribution in [3.63, 3.8) is 0 Å². The predicted octanol–water partition coefficient (Wildman–Crippen LogP) is 2.70. The standard InChI is InChI=1S/C17H23NO3/c1-11-13-8-15(20-2)16(21-3)9-14(13)17(10-18-11)6-4-12(19)5-7-17/h8-9,12,19H,4-7,10H2,1-3H3. The lowest BCUT2D eigenvalue weighted by Crippen LogP contribution is -2.40. The van der Waals surface area contributed by atoms with Crippen LogP contribution in [-0.4, -0.2) is 37.7 Å². The van der Waals surface area contributed by atoms with Crippen LogP contribution in [0, 0.1) is 0 Å². The van der Waals surface area contributed by atoms with Crippen molar-refractivity contribution in [3.05, 3.63) is 23.3 Å². The summed E-state index contributed by atoms with van der Waals surface area (Å²) in [4.78, 5) is 4.74. The van der Waals surface area contributed by atoms with E-state index in [1.54, 1.807) is 14.2 Å². The summed E-state index contributed by atoms with van der Waals surface area (Å²) in [5.41, 5.74) is 3.57. The summed E-state index contributed by atoms with van der Waals surface area (Å²) < 4.78 is 10.9. The zero-order valence-electron chi connectivity index (χ0n) is 13.0. The molecule has 1 aliphatic carbocycles. The molecule has 0 bridgehead atoms. The van der Waals surface area contributed by atoms with Gasteiger partial charge in [-0.15, -0.1) is 0 Å². The molecular formula is C17H23NO3. The van der Waals surface area contributed by atoms with Crippen LogP contribution < -0.4 is 9.47 Å². The minimum absolute atomic E-state index is 0.0492. The van der Waals surface area contributed by atoms with Crippen molar-refractivity contribution in [2.75, 3.05) is 20.8 Å². The fraction of sp³-hybridized carbons (Fsp3) is 0.588. The molecule has 0 amide bonds. The van der Waals surface area contributed by atoms with E-state index in [4.69, 9.17) is 14.5 Å². The molecule has 1 fully saturated rings. The van der Waals surface area contributed by atoms with E-state index in [0.717, 1.165) is 55.0 Å². The second kappa shape index (κ2) is 5.34. The highest BCUT2D eigenvalue weighted by Crippen LogP contribution is 2.46. The summed E-state index contributed by atoms with van der Waals surface area (Å²) in [6.07, 6.45) is 3.50. The van der Waals surface area contributed by atoms with Gasteiger partial charge in [-0.2, -0.15) is 0 Å². The number of nitrogens with zero attached hydrogens (tertiary/aromatic N) is 1. The average molecular weight is 289 g/mol. The molecule has 4 heteroatoms. The molecule has 1 heterocycles. The maximum absolute atomic E-state index is 9.83. The Morgan fingerprint density at radius 2 is 1.76 bits per heavy atom. The monoisotopic (exact) mass is 289 g/mol. The van der Waals surface area contributed by atoms with E-state index < -0.39 is 0 Å². The topological polar surface area (TPSA) is 51.0 Å². The van der Waals surface area contributed by atoms with Crippen LogP contribution in [0.5, 0.6) is 11.5 Å². The summed E-state index contributed by atoms with van der Waals surface area (Å²) in [5.74, 6) is 1.52. The number of fused-ring (bicyclic) bond motifs is 2. The largest absolute Gasteiger partial charge is 0.493 e. The molecule has 1 aliphatic heterocycles. The zero-order valence-corrected chi connectivity index (χ0v) is 13.0. The third-order valence-corrected chi connectivity index (χ3v) is 5.02. The van der Waals surface area contributed by atoms with Crippen molar-refractivity contribution in [2.24, 2.45) is 4.99 Å². The molecule has 0 radical (unpaired) electrons. The smallest absolute Gasteiger partial charge is 0.161 e. The van der Waals surface area contributed by atoms with Crippen molar-refractivity contribution in [3.8, 4) is 11.5 Å². The Morgan fingerprint density at radius 3 is 2.38 bits per heavy atom. The lowest BCUT2D eigenvalue weighted by Gasteiger charge is -2.42. The van der Waals surface area contributed by atoms with Gasteiger partial charge in [0, 0.05) is 23.2 Å². The quantitative estimate of drug-likeness (QED) is 0.910. The van der Waals surface area contributed by atoms with Crippen LogP contribution in [0.1, 0.15) is 43.7 Å². The van der Waals surface area contributed by atoms with Crippen molar-refractivity contribution >= 4 is 5.71 Å². The van der Waals surface area contributed by atoms with Crippen LogP contribution >= 0.6 is 0 Å². The minimum Gasteiger partial charge on any atom is -0.493 e. The first-order valence-corrected chi connectivity index (χ1v) is 7.55. The minimum atomic E-state index is -0.161. The summed E-state index contributed by atoms with van der Waals surface area (Å²) in [7, 11) is 3.33. The van der Waals surface area contributed by atoms with Crippen molar-refractivity contribution in [1.82, 2.24) is 0 Å². The number of rotatable bonds is 2. The molecule has 0 unspecified atom stereocenters. The van der Waals surface area contributed by atoms with Gasteiger partial charge in [0.2, 0.25) is 0 Å². The second-order valence-electron chi connectivity index (χ2n) is 6.17. The van der Waals surface area contributed by atoms with Crippen LogP contribution in [0.2, 0.25) is 0 Å². The van der Waals surface area contributed by atoms with E-state index in [9.17, 15) is 5.11 Å². The molecule has 3 rings (SSSR count). The van der Waals surface area contributed by atoms with Crippen LogP contribution in [0.25, 0.3) is 0 Å². The van der Waals surface area contributed by atoms with E-state index in [1.807, 2.05) is 6.07 Å². The van der Waals surface area contributed by atoms with Gasteiger partial charge >= 0.3 is 0 Å². The molecule has 0 aromatic heterocycles. The van der Waals surface area contributed by atoms with Gasteiger partial charge in [0.1, 0.15) is 0 Å². The molecule has 1 spiro atoms. The van der Waals surface area contributed by atoms with Gasteiger partial charge in [-0.25, -0.2) is 0 Å². The normalized spacial score (nSPS) is 28.0. The third-order valence-electron chi connectivity index (χ3n) is 5.02. The Morgan fingerprint density at radius 1 is 1.14 bits per heavy atom. The van der Waals surface area contributed by atoms with Crippen molar-refractivity contribution in [2.45, 2.75) is 44.1 Å². The van der Waals surface area contributed by atoms with Gasteiger partial charge in [-0.1, -0.05) is 0 Å². The molecule has 1 N–H and O–H groups in total. The number of hydrogen-bond acceptors (Lipinski definition) is 4. The lowest BCUT2D eigenvalue weighted by molar-refractivity contribution is 0.0970. The number of aliphatic hydroxyl groups is 1. The summed E-state index contributed by atoms with van der Waals surface area (Å²) in [5, 5.41) is 9.83. The predicted molar refractivity (Wildman–Crippen MR) is 82.8 cm³/mol. The molecule has 4 nitrogen and oxygen atoms in total. The number of hydrogen-bond donors (Lipinski definition) is 1. The van der Waals surface area contributed by atoms with Crippen molar-refractivity contribution < 1.29 is 14.6 Å². The molecule has 2 aliphatic rings. The molecule has 0 saturated heterocycles. The van der Waals surface area contributed by atoms with Gasteiger partial charge in [-0.05, 0) is 50.3 Å². The third kappa shape index (κ3) is 2.31. The Kier molecular flexibility index (Phi) is 3.66. The zero-order chi connectivity index (χ0) is 15.0. The Labute approximate surface area is 125 Å².